The van der Waals surface area contributed by atoms with Crippen molar-refractivity contribution in [2.24, 2.45) is 0 Å². The van der Waals surface area contributed by atoms with Crippen LogP contribution in [0.2, 0.25) is 0 Å². The monoisotopic (exact) mass is 246 g/mol. The second-order valence-corrected chi connectivity index (χ2v) is 5.64. The lowest BCUT2D eigenvalue weighted by Gasteiger charge is -2.24. The predicted octanol–water partition coefficient (Wildman–Crippen LogP) is 3.82. The molecule has 1 aromatic carbocycles. The van der Waals surface area contributed by atoms with Crippen LogP contribution in [-0.4, -0.2) is 19.3 Å². The van der Waals surface area contributed by atoms with Gasteiger partial charge in [0.2, 0.25) is 0 Å². The first-order valence-electron chi connectivity index (χ1n) is 7.18. The van der Waals surface area contributed by atoms with Crippen molar-refractivity contribution < 1.29 is 9.47 Å². The molecule has 1 aliphatic carbocycles. The first-order chi connectivity index (χ1) is 8.83. The van der Waals surface area contributed by atoms with Crippen LogP contribution in [-0.2, 0) is 4.74 Å². The van der Waals surface area contributed by atoms with Gasteiger partial charge in [-0.05, 0) is 37.3 Å². The molecule has 98 valence electrons. The minimum Gasteiger partial charge on any atom is -0.490 e. The maximum absolute atomic E-state index is 5.94. The molecule has 1 atom stereocenters. The molecule has 1 aliphatic heterocycles. The summed E-state index contributed by atoms with van der Waals surface area (Å²) in [5.74, 6) is 1.79. The van der Waals surface area contributed by atoms with Crippen LogP contribution in [0.4, 0.5) is 0 Å². The molecule has 1 saturated heterocycles. The molecule has 1 saturated carbocycles. The average molecular weight is 246 g/mol. The number of benzene rings is 1. The summed E-state index contributed by atoms with van der Waals surface area (Å²) in [6.07, 6.45) is 7.10. The maximum Gasteiger partial charge on any atom is 0.122 e. The molecule has 1 heterocycles. The number of rotatable bonds is 4. The number of hydrogen-bond donors (Lipinski definition) is 0. The molecular weight excluding hydrogens is 224 g/mol. The Morgan fingerprint density at radius 3 is 2.72 bits per heavy atom. The van der Waals surface area contributed by atoms with Gasteiger partial charge in [0.05, 0.1) is 6.61 Å². The number of hydrogen-bond acceptors (Lipinski definition) is 2. The van der Waals surface area contributed by atoms with Gasteiger partial charge in [0.1, 0.15) is 18.5 Å². The molecule has 2 aliphatic rings. The third-order valence-corrected chi connectivity index (χ3v) is 4.04. The fourth-order valence-electron chi connectivity index (χ4n) is 2.88. The van der Waals surface area contributed by atoms with Gasteiger partial charge in [-0.3, -0.25) is 0 Å². The van der Waals surface area contributed by atoms with Gasteiger partial charge < -0.3 is 9.47 Å². The predicted molar refractivity (Wildman–Crippen MR) is 72.2 cm³/mol. The van der Waals surface area contributed by atoms with Crippen LogP contribution in [0.5, 0.6) is 5.75 Å². The Morgan fingerprint density at radius 1 is 1.22 bits per heavy atom. The highest BCUT2D eigenvalue weighted by atomic mass is 16.6. The Morgan fingerprint density at radius 2 is 2.00 bits per heavy atom. The highest BCUT2D eigenvalue weighted by Crippen LogP contribution is 2.38. The largest absolute Gasteiger partial charge is 0.490 e. The Labute approximate surface area is 109 Å². The summed E-state index contributed by atoms with van der Waals surface area (Å²) in [5, 5.41) is 0. The lowest BCUT2D eigenvalue weighted by Crippen LogP contribution is -2.10. The molecule has 2 heteroatoms. The Bertz CT molecular complexity index is 404. The third kappa shape index (κ3) is 2.86. The number of aryl methyl sites for hydroxylation is 1. The van der Waals surface area contributed by atoms with Crippen molar-refractivity contribution in [2.45, 2.75) is 51.0 Å². The van der Waals surface area contributed by atoms with Crippen LogP contribution in [0.25, 0.3) is 0 Å². The highest BCUT2D eigenvalue weighted by Gasteiger charge is 2.25. The van der Waals surface area contributed by atoms with Gasteiger partial charge in [0.15, 0.2) is 0 Å². The quantitative estimate of drug-likeness (QED) is 0.753. The standard InChI is InChI=1S/C16H22O2/c1-12-7-8-16(18-11-14-10-17-14)15(9-12)13-5-3-2-4-6-13/h7-9,13-14H,2-6,10-11H2,1H3/t14-/m0/s1. The molecule has 0 unspecified atom stereocenters. The smallest absolute Gasteiger partial charge is 0.122 e. The minimum absolute atomic E-state index is 0.338. The molecule has 0 amide bonds. The van der Waals surface area contributed by atoms with Gasteiger partial charge in [-0.2, -0.15) is 0 Å². The Kier molecular flexibility index (Phi) is 3.55. The maximum atomic E-state index is 5.94. The third-order valence-electron chi connectivity index (χ3n) is 4.04. The molecule has 0 bridgehead atoms. The zero-order valence-corrected chi connectivity index (χ0v) is 11.2. The second-order valence-electron chi connectivity index (χ2n) is 5.64. The summed E-state index contributed by atoms with van der Waals surface area (Å²) >= 11 is 0. The lowest BCUT2D eigenvalue weighted by molar-refractivity contribution is 0.258. The SMILES string of the molecule is Cc1ccc(OC[C@@H]2CO2)c(C2CCCCC2)c1. The van der Waals surface area contributed by atoms with Gasteiger partial charge in [-0.15, -0.1) is 0 Å². The van der Waals surface area contributed by atoms with E-state index in [1.165, 1.54) is 43.2 Å². The zero-order valence-electron chi connectivity index (χ0n) is 11.2. The molecule has 2 nitrogen and oxygen atoms in total. The van der Waals surface area contributed by atoms with E-state index in [9.17, 15) is 0 Å². The van der Waals surface area contributed by atoms with Gasteiger partial charge in [-0.1, -0.05) is 37.0 Å². The highest BCUT2D eigenvalue weighted by molar-refractivity contribution is 5.39. The minimum atomic E-state index is 0.338. The molecule has 0 N–H and O–H groups in total. The normalized spacial score (nSPS) is 23.9. The van der Waals surface area contributed by atoms with E-state index >= 15 is 0 Å². The van der Waals surface area contributed by atoms with E-state index in [-0.39, 0.29) is 0 Å². The van der Waals surface area contributed by atoms with Gasteiger partial charge in [0.25, 0.3) is 0 Å². The lowest BCUT2D eigenvalue weighted by atomic mass is 9.83. The summed E-state index contributed by atoms with van der Waals surface area (Å²) in [5.41, 5.74) is 2.76. The van der Waals surface area contributed by atoms with E-state index in [1.54, 1.807) is 0 Å². The molecule has 0 aromatic heterocycles. The van der Waals surface area contributed by atoms with E-state index in [0.717, 1.165) is 12.4 Å². The summed E-state index contributed by atoms with van der Waals surface area (Å²) < 4.78 is 11.2. The van der Waals surface area contributed by atoms with Crippen molar-refractivity contribution >= 4 is 0 Å². The van der Waals surface area contributed by atoms with Crippen LogP contribution in [0.15, 0.2) is 18.2 Å². The summed E-state index contributed by atoms with van der Waals surface area (Å²) in [4.78, 5) is 0. The Hall–Kier alpha value is -1.02. The van der Waals surface area contributed by atoms with Gasteiger partial charge in [0, 0.05) is 0 Å². The van der Waals surface area contributed by atoms with Crippen molar-refractivity contribution in [1.29, 1.82) is 0 Å². The van der Waals surface area contributed by atoms with Crippen molar-refractivity contribution in [3.05, 3.63) is 29.3 Å². The Balaban J connectivity index is 1.77. The number of epoxide rings is 1. The van der Waals surface area contributed by atoms with Crippen molar-refractivity contribution in [3.8, 4) is 5.75 Å². The summed E-state index contributed by atoms with van der Waals surface area (Å²) in [6, 6.07) is 6.61. The molecule has 18 heavy (non-hydrogen) atoms. The van der Waals surface area contributed by atoms with Crippen molar-refractivity contribution in [3.63, 3.8) is 0 Å². The van der Waals surface area contributed by atoms with Crippen molar-refractivity contribution in [1.82, 2.24) is 0 Å². The van der Waals surface area contributed by atoms with E-state index in [4.69, 9.17) is 9.47 Å². The average Bonchev–Trinajstić information content (AvgIpc) is 3.22. The van der Waals surface area contributed by atoms with Gasteiger partial charge >= 0.3 is 0 Å². The molecule has 0 radical (unpaired) electrons. The second kappa shape index (κ2) is 5.31. The molecule has 2 fully saturated rings. The summed E-state index contributed by atoms with van der Waals surface area (Å²) in [6.45, 7) is 3.74. The summed E-state index contributed by atoms with van der Waals surface area (Å²) in [7, 11) is 0. The van der Waals surface area contributed by atoms with Crippen LogP contribution >= 0.6 is 0 Å². The zero-order chi connectivity index (χ0) is 12.4. The number of ether oxygens (including phenoxy) is 2. The fourth-order valence-corrected chi connectivity index (χ4v) is 2.88. The van der Waals surface area contributed by atoms with Gasteiger partial charge in [-0.25, -0.2) is 0 Å². The van der Waals surface area contributed by atoms with E-state index in [2.05, 4.69) is 25.1 Å². The van der Waals surface area contributed by atoms with Crippen LogP contribution in [0, 0.1) is 6.92 Å². The first kappa shape index (κ1) is 12.0. The molecule has 1 aromatic rings. The van der Waals surface area contributed by atoms with E-state index in [0.29, 0.717) is 18.6 Å². The first-order valence-corrected chi connectivity index (χ1v) is 7.18. The molecular formula is C16H22O2. The van der Waals surface area contributed by atoms with E-state index in [1.807, 2.05) is 0 Å². The van der Waals surface area contributed by atoms with E-state index < -0.39 is 0 Å². The topological polar surface area (TPSA) is 21.8 Å². The molecule has 0 spiro atoms. The van der Waals surface area contributed by atoms with Crippen molar-refractivity contribution in [2.75, 3.05) is 13.2 Å². The van der Waals surface area contributed by atoms with Crippen LogP contribution in [0.1, 0.15) is 49.1 Å². The molecule has 3 rings (SSSR count). The van der Waals surface area contributed by atoms with Crippen LogP contribution in [0.3, 0.4) is 0 Å². The van der Waals surface area contributed by atoms with Crippen LogP contribution < -0.4 is 4.74 Å². The fraction of sp³-hybridized carbons (Fsp3) is 0.625.